The molecule has 3 aromatic rings. The number of carboxylic acid groups (broad SMARTS) is 2. The van der Waals surface area contributed by atoms with Gasteiger partial charge in [0.1, 0.15) is 17.5 Å². The van der Waals surface area contributed by atoms with Crippen molar-refractivity contribution < 1.29 is 37.1 Å². The number of carboxylic acids is 2. The zero-order chi connectivity index (χ0) is 31.5. The van der Waals surface area contributed by atoms with Crippen LogP contribution in [0.5, 0.6) is 11.5 Å². The number of aromatic nitrogens is 1. The van der Waals surface area contributed by atoms with E-state index in [1.807, 2.05) is 36.5 Å². The van der Waals surface area contributed by atoms with Crippen molar-refractivity contribution in [2.24, 2.45) is 11.5 Å². The lowest BCUT2D eigenvalue weighted by atomic mass is 10.1. The van der Waals surface area contributed by atoms with Crippen LogP contribution in [-0.2, 0) is 32.7 Å². The van der Waals surface area contributed by atoms with E-state index in [0.29, 0.717) is 30.9 Å². The molecule has 1 unspecified atom stereocenters. The number of guanidine groups is 1. The molecule has 0 bridgehead atoms. The molecule has 14 heteroatoms. The van der Waals surface area contributed by atoms with Crippen LogP contribution in [0.3, 0.4) is 0 Å². The van der Waals surface area contributed by atoms with Crippen molar-refractivity contribution in [1.29, 1.82) is 5.41 Å². The van der Waals surface area contributed by atoms with Gasteiger partial charge in [-0.2, -0.15) is 8.42 Å². The molecule has 0 saturated carbocycles. The summed E-state index contributed by atoms with van der Waals surface area (Å²) < 4.78 is 35.2. The van der Waals surface area contributed by atoms with Crippen LogP contribution in [0.1, 0.15) is 38.7 Å². The number of carbonyl (C=O) groups is 2. The number of rotatable bonds is 14. The molecule has 42 heavy (non-hydrogen) atoms. The van der Waals surface area contributed by atoms with E-state index in [9.17, 15) is 23.1 Å². The first kappa shape index (κ1) is 33.9. The lowest BCUT2D eigenvalue weighted by Gasteiger charge is -2.21. The van der Waals surface area contributed by atoms with Gasteiger partial charge in [0.25, 0.3) is 0 Å². The predicted octanol–water partition coefficient (Wildman–Crippen LogP) is 2.52. The van der Waals surface area contributed by atoms with Gasteiger partial charge in [-0.3, -0.25) is 10.2 Å². The topological polar surface area (TPSA) is 220 Å². The Balaban J connectivity index is 0.000000435. The molecule has 0 amide bonds. The third-order valence-electron chi connectivity index (χ3n) is 5.97. The molecule has 0 aliphatic rings. The maximum absolute atomic E-state index is 11.3. The Morgan fingerprint density at radius 1 is 1.10 bits per heavy atom. The summed E-state index contributed by atoms with van der Waals surface area (Å²) in [4.78, 5) is 21.5. The van der Waals surface area contributed by atoms with Crippen molar-refractivity contribution in [2.45, 2.75) is 57.7 Å². The Morgan fingerprint density at radius 2 is 1.81 bits per heavy atom. The molecule has 0 saturated heterocycles. The van der Waals surface area contributed by atoms with Gasteiger partial charge < -0.3 is 40.5 Å². The highest BCUT2D eigenvalue weighted by atomic mass is 32.2. The third-order valence-corrected chi connectivity index (χ3v) is 6.46. The first-order chi connectivity index (χ1) is 19.6. The van der Waals surface area contributed by atoms with Gasteiger partial charge in [0.2, 0.25) is 0 Å². The first-order valence-electron chi connectivity index (χ1n) is 13.1. The van der Waals surface area contributed by atoms with E-state index in [4.69, 9.17) is 30.9 Å². The lowest BCUT2D eigenvalue weighted by molar-refractivity contribution is -0.152. The number of nitrogens with two attached hydrogens (primary N) is 2. The van der Waals surface area contributed by atoms with Crippen LogP contribution in [0.15, 0.2) is 54.7 Å². The summed E-state index contributed by atoms with van der Waals surface area (Å²) >= 11 is 0. The van der Waals surface area contributed by atoms with Crippen molar-refractivity contribution in [2.75, 3.05) is 12.8 Å². The van der Waals surface area contributed by atoms with Crippen molar-refractivity contribution in [3.05, 3.63) is 60.3 Å². The fourth-order valence-corrected chi connectivity index (χ4v) is 4.28. The standard InChI is InChI=1S/C22H25NO6S.C6H14N4O2/c1-22(2,21(24)25)28-18-8-4-6-16(14-18)7-5-12-23-13-11-17-15-19(9-10-20(17)23)29-30(3,26)27;7-4(5(11)12)2-1-3-10-6(8)9/h4,6,8-11,13-15H,5,7,12H2,1-3H3,(H,24,25);4H,1-3,7H2,(H,11,12)(H4,8,9,10). The van der Waals surface area contributed by atoms with Crippen LogP contribution < -0.4 is 25.7 Å². The molecule has 230 valence electrons. The van der Waals surface area contributed by atoms with Crippen molar-refractivity contribution in [3.8, 4) is 11.5 Å². The molecule has 13 nitrogen and oxygen atoms in total. The normalized spacial score (nSPS) is 12.1. The van der Waals surface area contributed by atoms with E-state index in [-0.39, 0.29) is 5.96 Å². The maximum Gasteiger partial charge on any atom is 0.347 e. The van der Waals surface area contributed by atoms with Crippen LogP contribution >= 0.6 is 0 Å². The van der Waals surface area contributed by atoms with Gasteiger partial charge >= 0.3 is 22.1 Å². The zero-order valence-corrected chi connectivity index (χ0v) is 24.7. The maximum atomic E-state index is 11.3. The summed E-state index contributed by atoms with van der Waals surface area (Å²) in [5.74, 6) is -1.30. The molecule has 8 N–H and O–H groups in total. The van der Waals surface area contributed by atoms with Crippen molar-refractivity contribution >= 4 is 38.9 Å². The second-order valence-electron chi connectivity index (χ2n) is 10.1. The quantitative estimate of drug-likeness (QED) is 0.0678. The smallest absolute Gasteiger partial charge is 0.347 e. The molecular weight excluding hydrogens is 566 g/mol. The van der Waals surface area contributed by atoms with Gasteiger partial charge in [-0.05, 0) is 81.5 Å². The number of fused-ring (bicyclic) bond motifs is 1. The predicted molar refractivity (Wildman–Crippen MR) is 159 cm³/mol. The minimum atomic E-state index is -3.55. The Kier molecular flexibility index (Phi) is 12.2. The minimum Gasteiger partial charge on any atom is -0.480 e. The number of aryl methyl sites for hydroxylation is 2. The Hall–Kier alpha value is -4.30. The highest BCUT2D eigenvalue weighted by molar-refractivity contribution is 7.86. The molecule has 0 aliphatic carbocycles. The van der Waals surface area contributed by atoms with Crippen LogP contribution in [-0.4, -0.2) is 65.5 Å². The number of aliphatic carboxylic acids is 2. The van der Waals surface area contributed by atoms with E-state index < -0.39 is 33.7 Å². The van der Waals surface area contributed by atoms with Gasteiger partial charge in [-0.1, -0.05) is 12.1 Å². The molecule has 0 radical (unpaired) electrons. The largest absolute Gasteiger partial charge is 0.480 e. The molecule has 1 atom stereocenters. The fourth-order valence-electron chi connectivity index (χ4n) is 3.82. The van der Waals surface area contributed by atoms with Crippen LogP contribution in [0.4, 0.5) is 0 Å². The van der Waals surface area contributed by atoms with E-state index >= 15 is 0 Å². The third kappa shape index (κ3) is 11.7. The molecule has 0 spiro atoms. The number of benzene rings is 2. The second kappa shape index (κ2) is 15.1. The average Bonchev–Trinajstić information content (AvgIpc) is 3.27. The SMILES string of the molecule is CC(C)(Oc1cccc(CCCn2ccc3cc(OS(C)(=O)=O)ccc32)c1)C(=O)O.N=C(N)NCCCC(N)C(=O)O. The highest BCUT2D eigenvalue weighted by Crippen LogP contribution is 2.24. The number of nitrogens with zero attached hydrogens (tertiary/aromatic N) is 1. The van der Waals surface area contributed by atoms with Gasteiger partial charge in [0.05, 0.1) is 6.26 Å². The summed E-state index contributed by atoms with van der Waals surface area (Å²) in [6.45, 7) is 4.30. The van der Waals surface area contributed by atoms with Crippen molar-refractivity contribution in [3.63, 3.8) is 0 Å². The molecule has 3 rings (SSSR count). The van der Waals surface area contributed by atoms with Gasteiger partial charge in [0.15, 0.2) is 11.6 Å². The molecular formula is C28H39N5O8S. The van der Waals surface area contributed by atoms with Gasteiger partial charge in [-0.15, -0.1) is 0 Å². The molecule has 0 aliphatic heterocycles. The van der Waals surface area contributed by atoms with Crippen molar-refractivity contribution in [1.82, 2.24) is 9.88 Å². The lowest BCUT2D eigenvalue weighted by Crippen LogP contribution is -2.37. The highest BCUT2D eigenvalue weighted by Gasteiger charge is 2.29. The minimum absolute atomic E-state index is 0.112. The summed E-state index contributed by atoms with van der Waals surface area (Å²) in [6.07, 6.45) is 5.63. The molecule has 0 fully saturated rings. The Labute approximate surface area is 245 Å². The first-order valence-corrected chi connectivity index (χ1v) is 14.9. The number of hydrogen-bond acceptors (Lipinski definition) is 8. The Bertz CT molecular complexity index is 1490. The van der Waals surface area contributed by atoms with E-state index in [1.54, 1.807) is 18.2 Å². The molecule has 2 aromatic carbocycles. The Morgan fingerprint density at radius 3 is 2.43 bits per heavy atom. The van der Waals surface area contributed by atoms with E-state index in [2.05, 4.69) is 9.88 Å². The summed E-state index contributed by atoms with van der Waals surface area (Å²) in [6, 6.07) is 13.8. The van der Waals surface area contributed by atoms with Gasteiger partial charge in [0, 0.05) is 30.2 Å². The van der Waals surface area contributed by atoms with E-state index in [0.717, 1.165) is 42.1 Å². The zero-order valence-electron chi connectivity index (χ0n) is 23.9. The molecule has 1 heterocycles. The number of ether oxygens (including phenoxy) is 1. The average molecular weight is 606 g/mol. The monoisotopic (exact) mass is 605 g/mol. The van der Waals surface area contributed by atoms with E-state index in [1.165, 1.54) is 13.8 Å². The number of nitrogens with one attached hydrogen (secondary N) is 2. The fraction of sp³-hybridized carbons (Fsp3) is 0.393. The second-order valence-corrected chi connectivity index (χ2v) is 11.7. The van der Waals surface area contributed by atoms with Crippen LogP contribution in [0.2, 0.25) is 0 Å². The summed E-state index contributed by atoms with van der Waals surface area (Å²) in [7, 11) is -3.55. The van der Waals surface area contributed by atoms with Crippen LogP contribution in [0.25, 0.3) is 10.9 Å². The summed E-state index contributed by atoms with van der Waals surface area (Å²) in [5.41, 5.74) is 11.0. The molecule has 1 aromatic heterocycles. The van der Waals surface area contributed by atoms with Gasteiger partial charge in [-0.25, -0.2) is 4.79 Å². The van der Waals surface area contributed by atoms with Crippen LogP contribution in [0, 0.1) is 5.41 Å². The number of hydrogen-bond donors (Lipinski definition) is 6. The summed E-state index contributed by atoms with van der Waals surface area (Å²) in [5, 5.41) is 27.8.